The van der Waals surface area contributed by atoms with Crippen LogP contribution in [0.1, 0.15) is 25.3 Å². The van der Waals surface area contributed by atoms with Crippen LogP contribution in [-0.4, -0.2) is 37.6 Å². The molecular formula is C15H22N4. The van der Waals surface area contributed by atoms with Gasteiger partial charge in [-0.2, -0.15) is 5.26 Å². The lowest BCUT2D eigenvalue weighted by Gasteiger charge is -2.37. The summed E-state index contributed by atoms with van der Waals surface area (Å²) in [5.41, 5.74) is 8.44. The van der Waals surface area contributed by atoms with Crippen molar-refractivity contribution < 1.29 is 0 Å². The van der Waals surface area contributed by atoms with Crippen molar-refractivity contribution in [1.82, 2.24) is 4.90 Å². The largest absolute Gasteiger partial charge is 0.397 e. The average Bonchev–Trinajstić information content (AvgIpc) is 2.47. The second-order valence-corrected chi connectivity index (χ2v) is 5.16. The number of rotatable bonds is 3. The molecule has 0 atom stereocenters. The van der Waals surface area contributed by atoms with Gasteiger partial charge in [-0.05, 0) is 37.6 Å². The summed E-state index contributed by atoms with van der Waals surface area (Å²) >= 11 is 0. The number of hydrogen-bond acceptors (Lipinski definition) is 4. The van der Waals surface area contributed by atoms with Crippen LogP contribution in [0.5, 0.6) is 0 Å². The zero-order valence-electron chi connectivity index (χ0n) is 11.8. The van der Waals surface area contributed by atoms with E-state index < -0.39 is 0 Å². The van der Waals surface area contributed by atoms with Gasteiger partial charge in [0.15, 0.2) is 0 Å². The van der Waals surface area contributed by atoms with Crippen molar-refractivity contribution in [3.05, 3.63) is 23.8 Å². The number of piperidine rings is 1. The summed E-state index contributed by atoms with van der Waals surface area (Å²) in [6.07, 6.45) is 2.31. The Morgan fingerprint density at radius 1 is 1.42 bits per heavy atom. The molecular weight excluding hydrogens is 236 g/mol. The molecule has 1 aliphatic rings. The molecule has 1 aromatic carbocycles. The lowest BCUT2D eigenvalue weighted by atomic mass is 10.0. The number of anilines is 2. The molecule has 0 bridgehead atoms. The molecule has 0 radical (unpaired) electrons. The summed E-state index contributed by atoms with van der Waals surface area (Å²) in [5, 5.41) is 9.00. The van der Waals surface area contributed by atoms with Gasteiger partial charge in [-0.25, -0.2) is 0 Å². The van der Waals surface area contributed by atoms with Crippen molar-refractivity contribution in [3.8, 4) is 6.07 Å². The van der Waals surface area contributed by atoms with E-state index in [2.05, 4.69) is 29.8 Å². The third kappa shape index (κ3) is 2.99. The predicted octanol–water partition coefficient (Wildman–Crippen LogP) is 2.06. The number of nitrogen functional groups attached to an aromatic ring is 1. The Hall–Kier alpha value is -1.73. The molecule has 1 saturated heterocycles. The Kier molecular flexibility index (Phi) is 4.28. The smallest absolute Gasteiger partial charge is 0.0992 e. The number of likely N-dealkylation sites (tertiary alicyclic amines) is 1. The maximum atomic E-state index is 9.00. The number of nitrogens with two attached hydrogens (primary N) is 1. The number of benzene rings is 1. The molecule has 0 aromatic heterocycles. The molecule has 0 aliphatic carbocycles. The molecule has 0 amide bonds. The summed E-state index contributed by atoms with van der Waals surface area (Å²) in [5.74, 6) is 0. The fourth-order valence-electron chi connectivity index (χ4n) is 2.74. The van der Waals surface area contributed by atoms with Gasteiger partial charge in [0.25, 0.3) is 0 Å². The van der Waals surface area contributed by atoms with E-state index in [1.165, 1.54) is 0 Å². The highest BCUT2D eigenvalue weighted by Crippen LogP contribution is 2.28. The maximum Gasteiger partial charge on any atom is 0.0992 e. The quantitative estimate of drug-likeness (QED) is 0.843. The molecule has 0 spiro atoms. The minimum atomic E-state index is 0.513. The van der Waals surface area contributed by atoms with Gasteiger partial charge in [-0.15, -0.1) is 0 Å². The number of hydrogen-bond donors (Lipinski definition) is 1. The average molecular weight is 258 g/mol. The summed E-state index contributed by atoms with van der Waals surface area (Å²) < 4.78 is 0. The Labute approximate surface area is 115 Å². The van der Waals surface area contributed by atoms with Crippen LogP contribution in [-0.2, 0) is 0 Å². The summed E-state index contributed by atoms with van der Waals surface area (Å²) in [6, 6.07) is 8.18. The molecule has 1 heterocycles. The molecule has 0 unspecified atom stereocenters. The second kappa shape index (κ2) is 5.94. The monoisotopic (exact) mass is 258 g/mol. The van der Waals surface area contributed by atoms with E-state index in [0.29, 0.717) is 11.6 Å². The minimum absolute atomic E-state index is 0.513. The fraction of sp³-hybridized carbons (Fsp3) is 0.533. The third-order valence-electron chi connectivity index (χ3n) is 4.09. The normalized spacial score (nSPS) is 17.1. The van der Waals surface area contributed by atoms with Crippen molar-refractivity contribution in [2.24, 2.45) is 0 Å². The van der Waals surface area contributed by atoms with E-state index in [-0.39, 0.29) is 0 Å². The van der Waals surface area contributed by atoms with Crippen LogP contribution in [0.25, 0.3) is 0 Å². The van der Waals surface area contributed by atoms with E-state index >= 15 is 0 Å². The van der Waals surface area contributed by atoms with Crippen LogP contribution in [0.15, 0.2) is 18.2 Å². The molecule has 2 rings (SSSR count). The summed E-state index contributed by atoms with van der Waals surface area (Å²) in [4.78, 5) is 4.71. The SMILES string of the molecule is CCN1CCC(N(C)c2cc(C#N)ccc2N)CC1. The highest BCUT2D eigenvalue weighted by molar-refractivity contribution is 5.69. The van der Waals surface area contributed by atoms with Crippen LogP contribution >= 0.6 is 0 Å². The van der Waals surface area contributed by atoms with E-state index in [1.807, 2.05) is 12.1 Å². The Balaban J connectivity index is 2.12. The lowest BCUT2D eigenvalue weighted by molar-refractivity contribution is 0.221. The summed E-state index contributed by atoms with van der Waals surface area (Å²) in [6.45, 7) is 5.62. The van der Waals surface area contributed by atoms with Crippen LogP contribution in [0.2, 0.25) is 0 Å². The van der Waals surface area contributed by atoms with Gasteiger partial charge < -0.3 is 15.5 Å². The van der Waals surface area contributed by atoms with E-state index in [1.54, 1.807) is 6.07 Å². The lowest BCUT2D eigenvalue weighted by Crippen LogP contribution is -2.43. The first kappa shape index (κ1) is 13.7. The first-order chi connectivity index (χ1) is 9.15. The zero-order valence-corrected chi connectivity index (χ0v) is 11.8. The van der Waals surface area contributed by atoms with Gasteiger partial charge in [-0.1, -0.05) is 6.92 Å². The molecule has 2 N–H and O–H groups in total. The van der Waals surface area contributed by atoms with Crippen LogP contribution < -0.4 is 10.6 Å². The topological polar surface area (TPSA) is 56.3 Å². The molecule has 102 valence electrons. The first-order valence-electron chi connectivity index (χ1n) is 6.90. The second-order valence-electron chi connectivity index (χ2n) is 5.16. The van der Waals surface area contributed by atoms with Crippen molar-refractivity contribution in [2.75, 3.05) is 37.3 Å². The molecule has 19 heavy (non-hydrogen) atoms. The van der Waals surface area contributed by atoms with Gasteiger partial charge in [-0.3, -0.25) is 0 Å². The van der Waals surface area contributed by atoms with Crippen molar-refractivity contribution in [1.29, 1.82) is 5.26 Å². The molecule has 0 saturated carbocycles. The first-order valence-corrected chi connectivity index (χ1v) is 6.90. The van der Waals surface area contributed by atoms with Crippen LogP contribution in [0, 0.1) is 11.3 Å². The highest BCUT2D eigenvalue weighted by Gasteiger charge is 2.22. The molecule has 1 aliphatic heterocycles. The third-order valence-corrected chi connectivity index (χ3v) is 4.09. The molecule has 4 nitrogen and oxygen atoms in total. The Morgan fingerprint density at radius 2 is 2.11 bits per heavy atom. The van der Waals surface area contributed by atoms with E-state index in [0.717, 1.165) is 43.9 Å². The zero-order chi connectivity index (χ0) is 13.8. The van der Waals surface area contributed by atoms with Crippen molar-refractivity contribution in [3.63, 3.8) is 0 Å². The molecule has 1 aromatic rings. The molecule has 4 heteroatoms. The standard InChI is InChI=1S/C15H22N4/c1-3-19-8-6-13(7-9-19)18(2)15-10-12(11-16)4-5-14(15)17/h4-5,10,13H,3,6-9,17H2,1-2H3. The van der Waals surface area contributed by atoms with Gasteiger partial charge in [0.05, 0.1) is 23.0 Å². The fourth-order valence-corrected chi connectivity index (χ4v) is 2.74. The van der Waals surface area contributed by atoms with Crippen molar-refractivity contribution >= 4 is 11.4 Å². The molecule has 1 fully saturated rings. The predicted molar refractivity (Wildman–Crippen MR) is 79.1 cm³/mol. The Morgan fingerprint density at radius 3 is 2.68 bits per heavy atom. The van der Waals surface area contributed by atoms with Crippen molar-refractivity contribution in [2.45, 2.75) is 25.8 Å². The van der Waals surface area contributed by atoms with Gasteiger partial charge in [0.1, 0.15) is 0 Å². The van der Waals surface area contributed by atoms with Crippen LogP contribution in [0.3, 0.4) is 0 Å². The van der Waals surface area contributed by atoms with Gasteiger partial charge in [0.2, 0.25) is 0 Å². The van der Waals surface area contributed by atoms with Crippen LogP contribution in [0.4, 0.5) is 11.4 Å². The number of nitriles is 1. The number of nitrogens with zero attached hydrogens (tertiary/aromatic N) is 3. The highest BCUT2D eigenvalue weighted by atomic mass is 15.2. The van der Waals surface area contributed by atoms with E-state index in [9.17, 15) is 0 Å². The van der Waals surface area contributed by atoms with E-state index in [4.69, 9.17) is 11.0 Å². The van der Waals surface area contributed by atoms with Gasteiger partial charge >= 0.3 is 0 Å². The Bertz CT molecular complexity index is 470. The minimum Gasteiger partial charge on any atom is -0.397 e. The summed E-state index contributed by atoms with van der Waals surface area (Å²) in [7, 11) is 2.08. The maximum absolute atomic E-state index is 9.00. The van der Waals surface area contributed by atoms with Gasteiger partial charge in [0, 0.05) is 26.2 Å².